The molecule has 0 aromatic heterocycles. The first-order valence-electron chi connectivity index (χ1n) is 9.51. The van der Waals surface area contributed by atoms with Crippen molar-refractivity contribution in [3.05, 3.63) is 65.7 Å². The van der Waals surface area contributed by atoms with Gasteiger partial charge in [0.1, 0.15) is 0 Å². The van der Waals surface area contributed by atoms with E-state index in [2.05, 4.69) is 61.5 Å². The van der Waals surface area contributed by atoms with Crippen molar-refractivity contribution in [1.82, 2.24) is 0 Å². The van der Waals surface area contributed by atoms with Crippen LogP contribution in [0.25, 0.3) is 0 Å². The van der Waals surface area contributed by atoms with E-state index in [9.17, 15) is 0 Å². The Morgan fingerprint density at radius 1 is 0.960 bits per heavy atom. The van der Waals surface area contributed by atoms with Gasteiger partial charge in [0.15, 0.2) is 0 Å². The molecule has 0 aliphatic rings. The van der Waals surface area contributed by atoms with Gasteiger partial charge >= 0.3 is 0 Å². The van der Waals surface area contributed by atoms with Crippen LogP contribution in [0.4, 0.5) is 0 Å². The number of hydrogen-bond donors (Lipinski definition) is 0. The Labute approximate surface area is 163 Å². The van der Waals surface area contributed by atoms with E-state index >= 15 is 0 Å². The zero-order chi connectivity index (χ0) is 17.7. The van der Waals surface area contributed by atoms with Crippen LogP contribution in [0, 0.1) is 5.92 Å². The summed E-state index contributed by atoms with van der Waals surface area (Å²) in [6, 6.07) is 19.7. The minimum atomic E-state index is 0.754. The SMILES string of the molecule is CCCCCC(CCC=S)Cc1ccccc1SCc1ccccc1. The van der Waals surface area contributed by atoms with E-state index in [1.165, 1.54) is 54.5 Å². The molecule has 134 valence electrons. The molecule has 2 aromatic carbocycles. The lowest BCUT2D eigenvalue weighted by atomic mass is 9.90. The van der Waals surface area contributed by atoms with E-state index in [-0.39, 0.29) is 0 Å². The molecule has 1 unspecified atom stereocenters. The molecule has 25 heavy (non-hydrogen) atoms. The maximum Gasteiger partial charge on any atom is 0.0232 e. The highest BCUT2D eigenvalue weighted by Gasteiger charge is 2.12. The summed E-state index contributed by atoms with van der Waals surface area (Å²) in [5, 5.41) is 1.91. The first-order valence-corrected chi connectivity index (χ1v) is 11.0. The second-order valence-electron chi connectivity index (χ2n) is 6.69. The molecule has 2 aromatic rings. The Balaban J connectivity index is 1.99. The fourth-order valence-electron chi connectivity index (χ4n) is 3.19. The monoisotopic (exact) mass is 370 g/mol. The molecule has 0 saturated heterocycles. The molecule has 0 heterocycles. The minimum absolute atomic E-state index is 0.754. The molecule has 2 heteroatoms. The summed E-state index contributed by atoms with van der Waals surface area (Å²) < 4.78 is 0. The number of unbranched alkanes of at least 4 members (excludes halogenated alkanes) is 2. The predicted octanol–water partition coefficient (Wildman–Crippen LogP) is 7.50. The molecular formula is C23H30S2. The van der Waals surface area contributed by atoms with Gasteiger partial charge in [-0.25, -0.2) is 0 Å². The van der Waals surface area contributed by atoms with Gasteiger partial charge in [-0.05, 0) is 47.7 Å². The van der Waals surface area contributed by atoms with Gasteiger partial charge < -0.3 is 0 Å². The highest BCUT2D eigenvalue weighted by molar-refractivity contribution is 7.98. The minimum Gasteiger partial charge on any atom is -0.121 e. The Hall–Kier alpha value is -1.12. The summed E-state index contributed by atoms with van der Waals surface area (Å²) in [4.78, 5) is 1.44. The first-order chi connectivity index (χ1) is 12.3. The standard InChI is InChI=1S/C23H30S2/c1-2-3-5-11-20(14-10-17-24)18-22-15-8-9-16-23(22)25-19-21-12-6-4-7-13-21/h4,6-9,12-13,15-17,20H,2-3,5,10-11,14,18-19H2,1H3. The summed E-state index contributed by atoms with van der Waals surface area (Å²) in [6.45, 7) is 2.28. The fourth-order valence-corrected chi connectivity index (χ4v) is 4.36. The molecule has 1 atom stereocenters. The van der Waals surface area contributed by atoms with Crippen LogP contribution in [-0.4, -0.2) is 5.37 Å². The van der Waals surface area contributed by atoms with E-state index < -0.39 is 0 Å². The topological polar surface area (TPSA) is 0 Å². The molecule has 0 aliphatic carbocycles. The maximum atomic E-state index is 5.06. The van der Waals surface area contributed by atoms with Crippen LogP contribution in [-0.2, 0) is 12.2 Å². The molecule has 0 spiro atoms. The largest absolute Gasteiger partial charge is 0.121 e. The number of benzene rings is 2. The molecule has 0 radical (unpaired) electrons. The van der Waals surface area contributed by atoms with Gasteiger partial charge in [0, 0.05) is 10.6 Å². The van der Waals surface area contributed by atoms with Crippen molar-refractivity contribution < 1.29 is 0 Å². The lowest BCUT2D eigenvalue weighted by Crippen LogP contribution is -2.06. The first kappa shape index (κ1) is 20.2. The van der Waals surface area contributed by atoms with Crippen molar-refractivity contribution in [3.8, 4) is 0 Å². The molecule has 0 nitrogen and oxygen atoms in total. The summed E-state index contributed by atoms with van der Waals surface area (Å²) in [7, 11) is 0. The van der Waals surface area contributed by atoms with Gasteiger partial charge in [0.05, 0.1) is 0 Å². The van der Waals surface area contributed by atoms with Gasteiger partial charge in [-0.15, -0.1) is 11.8 Å². The number of thioether (sulfide) groups is 1. The van der Waals surface area contributed by atoms with Crippen LogP contribution in [0.15, 0.2) is 59.5 Å². The summed E-state index contributed by atoms with van der Waals surface area (Å²) >= 11 is 7.03. The Bertz CT molecular complexity index is 606. The number of rotatable bonds is 12. The molecule has 0 N–H and O–H groups in total. The van der Waals surface area contributed by atoms with Crippen molar-refractivity contribution in [3.63, 3.8) is 0 Å². The molecular weight excluding hydrogens is 340 g/mol. The van der Waals surface area contributed by atoms with Gasteiger partial charge in [-0.1, -0.05) is 93.4 Å². The van der Waals surface area contributed by atoms with E-state index in [1.54, 1.807) is 0 Å². The molecule has 0 saturated carbocycles. The molecule has 0 amide bonds. The molecule has 0 fully saturated rings. The van der Waals surface area contributed by atoms with Crippen LogP contribution < -0.4 is 0 Å². The van der Waals surface area contributed by atoms with Gasteiger partial charge in [0.25, 0.3) is 0 Å². The van der Waals surface area contributed by atoms with E-state index in [0.29, 0.717) is 0 Å². The Kier molecular flexibility index (Phi) is 9.91. The lowest BCUT2D eigenvalue weighted by Gasteiger charge is -2.18. The van der Waals surface area contributed by atoms with Crippen molar-refractivity contribution >= 4 is 29.3 Å². The molecule has 0 bridgehead atoms. The quantitative estimate of drug-likeness (QED) is 0.215. The molecule has 2 rings (SSSR count). The van der Waals surface area contributed by atoms with E-state index in [1.807, 2.05) is 17.1 Å². The van der Waals surface area contributed by atoms with Gasteiger partial charge in [0.2, 0.25) is 0 Å². The van der Waals surface area contributed by atoms with Crippen LogP contribution in [0.5, 0.6) is 0 Å². The second kappa shape index (κ2) is 12.3. The van der Waals surface area contributed by atoms with Crippen LogP contribution in [0.2, 0.25) is 0 Å². The smallest absolute Gasteiger partial charge is 0.0232 e. The number of hydrogen-bond acceptors (Lipinski definition) is 2. The Morgan fingerprint density at radius 2 is 1.72 bits per heavy atom. The third kappa shape index (κ3) is 7.75. The average molecular weight is 371 g/mol. The summed E-state index contributed by atoms with van der Waals surface area (Å²) in [6.07, 6.45) is 8.79. The van der Waals surface area contributed by atoms with Crippen molar-refractivity contribution in [2.75, 3.05) is 0 Å². The normalized spacial score (nSPS) is 12.0. The predicted molar refractivity (Wildman–Crippen MR) is 117 cm³/mol. The lowest BCUT2D eigenvalue weighted by molar-refractivity contribution is 0.432. The van der Waals surface area contributed by atoms with E-state index in [4.69, 9.17) is 12.2 Å². The maximum absolute atomic E-state index is 5.06. The van der Waals surface area contributed by atoms with Crippen molar-refractivity contribution in [2.24, 2.45) is 5.92 Å². The summed E-state index contributed by atoms with van der Waals surface area (Å²) in [5.74, 6) is 1.79. The van der Waals surface area contributed by atoms with Crippen LogP contribution in [0.1, 0.15) is 56.6 Å². The number of thiocarbonyl (C=S) groups is 1. The third-order valence-electron chi connectivity index (χ3n) is 4.63. The van der Waals surface area contributed by atoms with Crippen molar-refractivity contribution in [2.45, 2.75) is 62.5 Å². The highest BCUT2D eigenvalue weighted by atomic mass is 32.2. The van der Waals surface area contributed by atoms with Crippen molar-refractivity contribution in [1.29, 1.82) is 0 Å². The van der Waals surface area contributed by atoms with Gasteiger partial charge in [-0.3, -0.25) is 0 Å². The zero-order valence-corrected chi connectivity index (χ0v) is 17.0. The van der Waals surface area contributed by atoms with Gasteiger partial charge in [-0.2, -0.15) is 0 Å². The highest BCUT2D eigenvalue weighted by Crippen LogP contribution is 2.30. The summed E-state index contributed by atoms with van der Waals surface area (Å²) in [5.41, 5.74) is 2.90. The van der Waals surface area contributed by atoms with Crippen LogP contribution in [0.3, 0.4) is 0 Å². The average Bonchev–Trinajstić information content (AvgIpc) is 2.66. The second-order valence-corrected chi connectivity index (χ2v) is 8.04. The third-order valence-corrected chi connectivity index (χ3v) is 6.05. The Morgan fingerprint density at radius 3 is 2.48 bits per heavy atom. The molecule has 0 aliphatic heterocycles. The van der Waals surface area contributed by atoms with E-state index in [0.717, 1.165) is 18.1 Å². The fraction of sp³-hybridized carbons (Fsp3) is 0.435. The zero-order valence-electron chi connectivity index (χ0n) is 15.3. The van der Waals surface area contributed by atoms with Crippen LogP contribution >= 0.6 is 24.0 Å².